The molecule has 0 bridgehead atoms. The zero-order valence-corrected chi connectivity index (χ0v) is 11.7. The van der Waals surface area contributed by atoms with Crippen LogP contribution in [0.5, 0.6) is 0 Å². The maximum atomic E-state index is 12.4. The summed E-state index contributed by atoms with van der Waals surface area (Å²) >= 11 is 0. The minimum absolute atomic E-state index is 0.211. The molecule has 0 fully saturated rings. The van der Waals surface area contributed by atoms with Gasteiger partial charge in [0.15, 0.2) is 5.82 Å². The Labute approximate surface area is 121 Å². The summed E-state index contributed by atoms with van der Waals surface area (Å²) in [6, 6.07) is 5.09. The molecule has 0 spiro atoms. The Kier molecular flexibility index (Phi) is 3.31. The SMILES string of the molecule is CC(NC(=O)c1cccc2nccnc12)c1nncn1C. The molecule has 0 aliphatic carbocycles. The molecule has 1 unspecified atom stereocenters. The molecule has 0 saturated carbocycles. The Balaban J connectivity index is 1.89. The number of aromatic nitrogens is 5. The molecule has 21 heavy (non-hydrogen) atoms. The molecule has 1 N–H and O–H groups in total. The van der Waals surface area contributed by atoms with Crippen LogP contribution in [0.25, 0.3) is 11.0 Å². The third-order valence-electron chi connectivity index (χ3n) is 3.22. The third kappa shape index (κ3) is 2.45. The fraction of sp³-hybridized carbons (Fsp3) is 0.214. The second-order valence-electron chi connectivity index (χ2n) is 4.72. The lowest BCUT2D eigenvalue weighted by Crippen LogP contribution is -2.28. The zero-order chi connectivity index (χ0) is 14.8. The van der Waals surface area contributed by atoms with Crippen molar-refractivity contribution in [3.63, 3.8) is 0 Å². The van der Waals surface area contributed by atoms with Gasteiger partial charge in [-0.1, -0.05) is 6.07 Å². The summed E-state index contributed by atoms with van der Waals surface area (Å²) in [6.45, 7) is 1.86. The summed E-state index contributed by atoms with van der Waals surface area (Å²) in [5, 5.41) is 10.7. The molecule has 7 nitrogen and oxygen atoms in total. The maximum absolute atomic E-state index is 12.4. The smallest absolute Gasteiger partial charge is 0.254 e. The van der Waals surface area contributed by atoms with Gasteiger partial charge in [-0.05, 0) is 19.1 Å². The van der Waals surface area contributed by atoms with Gasteiger partial charge in [-0.25, -0.2) is 0 Å². The number of benzene rings is 1. The number of carbonyl (C=O) groups is 1. The van der Waals surface area contributed by atoms with E-state index in [1.807, 2.05) is 20.0 Å². The second-order valence-corrected chi connectivity index (χ2v) is 4.72. The van der Waals surface area contributed by atoms with Crippen LogP contribution in [-0.4, -0.2) is 30.6 Å². The van der Waals surface area contributed by atoms with Gasteiger partial charge in [-0.3, -0.25) is 14.8 Å². The van der Waals surface area contributed by atoms with Crippen molar-refractivity contribution in [1.82, 2.24) is 30.0 Å². The number of rotatable bonds is 3. The summed E-state index contributed by atoms with van der Waals surface area (Å²) in [6.07, 6.45) is 4.78. The molecule has 0 radical (unpaired) electrons. The lowest BCUT2D eigenvalue weighted by molar-refractivity contribution is 0.0939. The average Bonchev–Trinajstić information content (AvgIpc) is 2.92. The Hall–Kier alpha value is -2.83. The molecule has 106 valence electrons. The lowest BCUT2D eigenvalue weighted by Gasteiger charge is -2.13. The van der Waals surface area contributed by atoms with Crippen LogP contribution in [-0.2, 0) is 7.05 Å². The van der Waals surface area contributed by atoms with Gasteiger partial charge in [0.2, 0.25) is 0 Å². The Morgan fingerprint density at radius 1 is 1.29 bits per heavy atom. The van der Waals surface area contributed by atoms with Gasteiger partial charge in [0.05, 0.1) is 17.1 Å². The molecule has 0 saturated heterocycles. The first-order chi connectivity index (χ1) is 10.2. The number of aryl methyl sites for hydroxylation is 1. The number of para-hydroxylation sites is 1. The van der Waals surface area contributed by atoms with Crippen molar-refractivity contribution in [2.45, 2.75) is 13.0 Å². The van der Waals surface area contributed by atoms with Crippen LogP contribution in [0.15, 0.2) is 36.9 Å². The highest BCUT2D eigenvalue weighted by Crippen LogP contribution is 2.15. The highest BCUT2D eigenvalue weighted by atomic mass is 16.1. The molecule has 1 amide bonds. The predicted molar refractivity (Wildman–Crippen MR) is 76.4 cm³/mol. The number of carbonyl (C=O) groups excluding carboxylic acids is 1. The Morgan fingerprint density at radius 3 is 2.86 bits per heavy atom. The zero-order valence-electron chi connectivity index (χ0n) is 11.7. The van der Waals surface area contributed by atoms with E-state index < -0.39 is 0 Å². The number of nitrogens with zero attached hydrogens (tertiary/aromatic N) is 5. The number of nitrogens with one attached hydrogen (secondary N) is 1. The number of hydrogen-bond donors (Lipinski definition) is 1. The quantitative estimate of drug-likeness (QED) is 0.781. The van der Waals surface area contributed by atoms with Gasteiger partial charge in [0.1, 0.15) is 11.8 Å². The minimum atomic E-state index is -0.253. The summed E-state index contributed by atoms with van der Waals surface area (Å²) < 4.78 is 1.77. The van der Waals surface area contributed by atoms with Crippen LogP contribution in [0, 0.1) is 0 Å². The third-order valence-corrected chi connectivity index (χ3v) is 3.22. The van der Waals surface area contributed by atoms with Crippen molar-refractivity contribution in [2.24, 2.45) is 7.05 Å². The first kappa shape index (κ1) is 13.2. The summed E-state index contributed by atoms with van der Waals surface area (Å²) in [4.78, 5) is 20.9. The highest BCUT2D eigenvalue weighted by molar-refractivity contribution is 6.04. The van der Waals surface area contributed by atoms with Gasteiger partial charge in [-0.15, -0.1) is 10.2 Å². The van der Waals surface area contributed by atoms with E-state index in [2.05, 4.69) is 25.5 Å². The fourth-order valence-electron chi connectivity index (χ4n) is 2.20. The van der Waals surface area contributed by atoms with Gasteiger partial charge in [0.25, 0.3) is 5.91 Å². The monoisotopic (exact) mass is 282 g/mol. The highest BCUT2D eigenvalue weighted by Gasteiger charge is 2.17. The summed E-state index contributed by atoms with van der Waals surface area (Å²) in [5.41, 5.74) is 1.77. The standard InChI is InChI=1S/C14H14N6O/c1-9(13-19-17-8-20(13)2)18-14(21)10-4-3-5-11-12(10)16-7-6-15-11/h3-9H,1-2H3,(H,18,21). The maximum Gasteiger partial charge on any atom is 0.254 e. The minimum Gasteiger partial charge on any atom is -0.342 e. The van der Waals surface area contributed by atoms with E-state index >= 15 is 0 Å². The molecule has 3 aromatic rings. The van der Waals surface area contributed by atoms with Crippen LogP contribution in [0.2, 0.25) is 0 Å². The van der Waals surface area contributed by atoms with Crippen LogP contribution < -0.4 is 5.32 Å². The van der Waals surface area contributed by atoms with E-state index in [1.165, 1.54) is 0 Å². The first-order valence-electron chi connectivity index (χ1n) is 6.51. The van der Waals surface area contributed by atoms with E-state index in [-0.39, 0.29) is 11.9 Å². The van der Waals surface area contributed by atoms with E-state index in [0.717, 1.165) is 0 Å². The molecule has 7 heteroatoms. The van der Waals surface area contributed by atoms with Crippen LogP contribution >= 0.6 is 0 Å². The van der Waals surface area contributed by atoms with Gasteiger partial charge in [0, 0.05) is 19.4 Å². The molecule has 3 rings (SSSR count). The number of fused-ring (bicyclic) bond motifs is 1. The van der Waals surface area contributed by atoms with Crippen molar-refractivity contribution in [2.75, 3.05) is 0 Å². The van der Waals surface area contributed by atoms with Gasteiger partial charge in [-0.2, -0.15) is 0 Å². The van der Waals surface area contributed by atoms with Crippen molar-refractivity contribution < 1.29 is 4.79 Å². The Morgan fingerprint density at radius 2 is 2.10 bits per heavy atom. The van der Waals surface area contributed by atoms with Crippen LogP contribution in [0.4, 0.5) is 0 Å². The second kappa shape index (κ2) is 5.28. The fourth-order valence-corrected chi connectivity index (χ4v) is 2.20. The molecular formula is C14H14N6O. The first-order valence-corrected chi connectivity index (χ1v) is 6.51. The normalized spacial score (nSPS) is 12.3. The van der Waals surface area contributed by atoms with Crippen molar-refractivity contribution in [3.05, 3.63) is 48.3 Å². The van der Waals surface area contributed by atoms with E-state index in [9.17, 15) is 4.79 Å². The van der Waals surface area contributed by atoms with E-state index in [4.69, 9.17) is 0 Å². The number of amides is 1. The molecule has 0 aliphatic heterocycles. The van der Waals surface area contributed by atoms with Crippen molar-refractivity contribution >= 4 is 16.9 Å². The molecule has 0 aliphatic rings. The van der Waals surface area contributed by atoms with Crippen molar-refractivity contribution in [1.29, 1.82) is 0 Å². The van der Waals surface area contributed by atoms with E-state index in [1.54, 1.807) is 35.4 Å². The number of hydrogen-bond acceptors (Lipinski definition) is 5. The topological polar surface area (TPSA) is 85.6 Å². The molecule has 1 aromatic carbocycles. The summed E-state index contributed by atoms with van der Waals surface area (Å²) in [5.74, 6) is 0.478. The van der Waals surface area contributed by atoms with Gasteiger partial charge >= 0.3 is 0 Å². The molecule has 2 heterocycles. The van der Waals surface area contributed by atoms with Gasteiger partial charge < -0.3 is 9.88 Å². The molecular weight excluding hydrogens is 268 g/mol. The molecule has 2 aromatic heterocycles. The van der Waals surface area contributed by atoms with Crippen LogP contribution in [0.3, 0.4) is 0 Å². The van der Waals surface area contributed by atoms with Crippen molar-refractivity contribution in [3.8, 4) is 0 Å². The predicted octanol–water partition coefficient (Wildman–Crippen LogP) is 1.25. The summed E-state index contributed by atoms with van der Waals surface area (Å²) in [7, 11) is 1.83. The van der Waals surface area contributed by atoms with E-state index in [0.29, 0.717) is 22.4 Å². The average molecular weight is 282 g/mol. The largest absolute Gasteiger partial charge is 0.342 e. The molecule has 1 atom stereocenters. The Bertz CT molecular complexity index is 792. The lowest BCUT2D eigenvalue weighted by atomic mass is 10.1. The van der Waals surface area contributed by atoms with Crippen LogP contribution in [0.1, 0.15) is 29.1 Å².